The summed E-state index contributed by atoms with van der Waals surface area (Å²) in [4.78, 5) is 0. The van der Waals surface area contributed by atoms with Crippen molar-refractivity contribution in [1.82, 2.24) is 0 Å². The molecule has 4 heteroatoms. The molecule has 15 heavy (non-hydrogen) atoms. The van der Waals surface area contributed by atoms with Gasteiger partial charge in [0.15, 0.2) is 0 Å². The van der Waals surface area contributed by atoms with Gasteiger partial charge in [0.2, 0.25) is 0 Å². The topological polar surface area (TPSA) is 20.2 Å². The van der Waals surface area contributed by atoms with Crippen molar-refractivity contribution < 1.29 is 5.11 Å². The van der Waals surface area contributed by atoms with Gasteiger partial charge in [0.1, 0.15) is 6.10 Å². The molecule has 0 aliphatic rings. The Balaban J connectivity index is 2.28. The van der Waals surface area contributed by atoms with Gasteiger partial charge in [0, 0.05) is 4.47 Å². The molecule has 1 aromatic heterocycles. The Morgan fingerprint density at radius 3 is 2.27 bits per heavy atom. The summed E-state index contributed by atoms with van der Waals surface area (Å²) in [6, 6.07) is 9.64. The van der Waals surface area contributed by atoms with E-state index in [0.29, 0.717) is 0 Å². The minimum atomic E-state index is -0.541. The number of halogens is 2. The molecule has 0 fully saturated rings. The van der Waals surface area contributed by atoms with Crippen molar-refractivity contribution in [1.29, 1.82) is 0 Å². The van der Waals surface area contributed by atoms with Gasteiger partial charge in [0.25, 0.3) is 0 Å². The maximum atomic E-state index is 10.1. The molecular formula is C11H8Br2OS. The molecule has 0 aliphatic carbocycles. The molecular weight excluding hydrogens is 340 g/mol. The van der Waals surface area contributed by atoms with E-state index in [1.165, 1.54) is 0 Å². The fourth-order valence-corrected chi connectivity index (χ4v) is 2.76. The van der Waals surface area contributed by atoms with E-state index in [1.807, 2.05) is 35.7 Å². The summed E-state index contributed by atoms with van der Waals surface area (Å²) in [5.74, 6) is 0. The molecule has 78 valence electrons. The summed E-state index contributed by atoms with van der Waals surface area (Å²) in [7, 11) is 0. The third kappa shape index (κ3) is 2.69. The lowest BCUT2D eigenvalue weighted by Crippen LogP contribution is -1.97. The van der Waals surface area contributed by atoms with E-state index in [2.05, 4.69) is 31.9 Å². The molecule has 0 bridgehead atoms. The van der Waals surface area contributed by atoms with Crippen LogP contribution in [-0.4, -0.2) is 5.11 Å². The molecule has 0 amide bonds. The standard InChI is InChI=1S/C11H8Br2OS/c12-9-3-1-7(2-4-9)11(14)8-5-10(13)15-6-8/h1-6,11,14H. The number of aliphatic hydroxyl groups excluding tert-OH is 1. The maximum Gasteiger partial charge on any atom is 0.105 e. The lowest BCUT2D eigenvalue weighted by Gasteiger charge is -2.08. The molecule has 1 unspecified atom stereocenters. The Morgan fingerprint density at radius 1 is 1.07 bits per heavy atom. The minimum absolute atomic E-state index is 0.541. The SMILES string of the molecule is OC(c1ccc(Br)cc1)c1csc(Br)c1. The third-order valence-corrected chi connectivity index (χ3v) is 4.14. The summed E-state index contributed by atoms with van der Waals surface area (Å²) >= 11 is 8.33. The van der Waals surface area contributed by atoms with Gasteiger partial charge in [-0.15, -0.1) is 11.3 Å². The molecule has 1 aromatic carbocycles. The number of benzene rings is 1. The number of thiophene rings is 1. The first kappa shape index (κ1) is 11.3. The van der Waals surface area contributed by atoms with Crippen LogP contribution in [0.3, 0.4) is 0 Å². The summed E-state index contributed by atoms with van der Waals surface area (Å²) < 4.78 is 2.05. The molecule has 0 aliphatic heterocycles. The number of rotatable bonds is 2. The lowest BCUT2D eigenvalue weighted by molar-refractivity contribution is 0.221. The van der Waals surface area contributed by atoms with Gasteiger partial charge in [-0.2, -0.15) is 0 Å². The fraction of sp³-hybridized carbons (Fsp3) is 0.0909. The van der Waals surface area contributed by atoms with Crippen molar-refractivity contribution in [3.8, 4) is 0 Å². The number of hydrogen-bond acceptors (Lipinski definition) is 2. The highest BCUT2D eigenvalue weighted by molar-refractivity contribution is 9.11. The first-order valence-corrected chi connectivity index (χ1v) is 6.81. The summed E-state index contributed by atoms with van der Waals surface area (Å²) in [5, 5.41) is 12.0. The Hall–Kier alpha value is -0.160. The highest BCUT2D eigenvalue weighted by Crippen LogP contribution is 2.29. The Morgan fingerprint density at radius 2 is 1.73 bits per heavy atom. The van der Waals surface area contributed by atoms with Crippen LogP contribution < -0.4 is 0 Å². The van der Waals surface area contributed by atoms with Gasteiger partial charge in [-0.1, -0.05) is 28.1 Å². The number of hydrogen-bond donors (Lipinski definition) is 1. The van der Waals surface area contributed by atoms with Crippen LogP contribution in [0.25, 0.3) is 0 Å². The van der Waals surface area contributed by atoms with Gasteiger partial charge in [-0.3, -0.25) is 0 Å². The van der Waals surface area contributed by atoms with E-state index in [-0.39, 0.29) is 0 Å². The van der Waals surface area contributed by atoms with Gasteiger partial charge in [-0.25, -0.2) is 0 Å². The molecule has 0 spiro atoms. The molecule has 1 heterocycles. The van der Waals surface area contributed by atoms with E-state index in [9.17, 15) is 5.11 Å². The Kier molecular flexibility index (Phi) is 3.61. The average molecular weight is 348 g/mol. The highest BCUT2D eigenvalue weighted by Gasteiger charge is 2.11. The van der Waals surface area contributed by atoms with Crippen molar-refractivity contribution in [3.05, 3.63) is 55.1 Å². The second-order valence-corrected chi connectivity index (χ2v) is 6.34. The van der Waals surface area contributed by atoms with Crippen LogP contribution in [0, 0.1) is 0 Å². The predicted molar refractivity (Wildman–Crippen MR) is 70.2 cm³/mol. The van der Waals surface area contributed by atoms with Crippen molar-refractivity contribution in [2.75, 3.05) is 0 Å². The second kappa shape index (κ2) is 4.78. The fourth-order valence-electron chi connectivity index (χ4n) is 1.30. The summed E-state index contributed by atoms with van der Waals surface area (Å²) in [6.07, 6.45) is -0.541. The Bertz CT molecular complexity index is 450. The lowest BCUT2D eigenvalue weighted by atomic mass is 10.1. The van der Waals surface area contributed by atoms with Crippen LogP contribution in [0.15, 0.2) is 44.0 Å². The molecule has 1 atom stereocenters. The van der Waals surface area contributed by atoms with E-state index >= 15 is 0 Å². The highest BCUT2D eigenvalue weighted by atomic mass is 79.9. The minimum Gasteiger partial charge on any atom is -0.384 e. The zero-order chi connectivity index (χ0) is 10.8. The molecule has 2 rings (SSSR count). The van der Waals surface area contributed by atoms with Crippen LogP contribution in [0.4, 0.5) is 0 Å². The van der Waals surface area contributed by atoms with Crippen LogP contribution in [-0.2, 0) is 0 Å². The van der Waals surface area contributed by atoms with Gasteiger partial charge < -0.3 is 5.11 Å². The van der Waals surface area contributed by atoms with E-state index < -0.39 is 6.10 Å². The second-order valence-electron chi connectivity index (χ2n) is 3.14. The normalized spacial score (nSPS) is 12.7. The van der Waals surface area contributed by atoms with Crippen molar-refractivity contribution in [2.24, 2.45) is 0 Å². The van der Waals surface area contributed by atoms with Crippen LogP contribution in [0.5, 0.6) is 0 Å². The quantitative estimate of drug-likeness (QED) is 0.855. The van der Waals surface area contributed by atoms with Gasteiger partial charge in [-0.05, 0) is 50.6 Å². The van der Waals surface area contributed by atoms with Crippen molar-refractivity contribution in [2.45, 2.75) is 6.10 Å². The first-order valence-electron chi connectivity index (χ1n) is 4.34. The van der Waals surface area contributed by atoms with E-state index in [1.54, 1.807) is 11.3 Å². The molecule has 0 radical (unpaired) electrons. The van der Waals surface area contributed by atoms with Crippen LogP contribution in [0.2, 0.25) is 0 Å². The summed E-state index contributed by atoms with van der Waals surface area (Å²) in [5.41, 5.74) is 1.83. The molecule has 0 saturated heterocycles. The smallest absolute Gasteiger partial charge is 0.105 e. The van der Waals surface area contributed by atoms with E-state index in [0.717, 1.165) is 19.4 Å². The molecule has 1 N–H and O–H groups in total. The average Bonchev–Trinajstić information content (AvgIpc) is 2.65. The van der Waals surface area contributed by atoms with Crippen LogP contribution in [0.1, 0.15) is 17.2 Å². The zero-order valence-corrected chi connectivity index (χ0v) is 11.6. The summed E-state index contributed by atoms with van der Waals surface area (Å²) in [6.45, 7) is 0. The largest absolute Gasteiger partial charge is 0.384 e. The van der Waals surface area contributed by atoms with E-state index in [4.69, 9.17) is 0 Å². The first-order chi connectivity index (χ1) is 7.16. The van der Waals surface area contributed by atoms with Gasteiger partial charge in [0.05, 0.1) is 3.79 Å². The zero-order valence-electron chi connectivity index (χ0n) is 7.65. The number of aliphatic hydroxyl groups is 1. The maximum absolute atomic E-state index is 10.1. The molecule has 0 saturated carbocycles. The molecule has 2 aromatic rings. The molecule has 1 nitrogen and oxygen atoms in total. The van der Waals surface area contributed by atoms with Crippen LogP contribution >= 0.6 is 43.2 Å². The Labute approximate surface area is 109 Å². The van der Waals surface area contributed by atoms with Gasteiger partial charge >= 0.3 is 0 Å². The predicted octanol–water partition coefficient (Wildman–Crippen LogP) is 4.35. The van der Waals surface area contributed by atoms with Crippen molar-refractivity contribution >= 4 is 43.2 Å². The van der Waals surface area contributed by atoms with Crippen molar-refractivity contribution in [3.63, 3.8) is 0 Å². The third-order valence-electron chi connectivity index (χ3n) is 2.09. The monoisotopic (exact) mass is 346 g/mol.